The maximum absolute atomic E-state index is 10.4. The first-order valence-corrected chi connectivity index (χ1v) is 13.9. The van der Waals surface area contributed by atoms with E-state index in [9.17, 15) is 10.2 Å². The highest BCUT2D eigenvalue weighted by atomic mass is 16.3. The maximum atomic E-state index is 10.4. The molecule has 2 heteroatoms. The molecule has 0 aromatic rings. The predicted molar refractivity (Wildman–Crippen MR) is 132 cm³/mol. The van der Waals surface area contributed by atoms with E-state index in [-0.39, 0.29) is 17.6 Å². The van der Waals surface area contributed by atoms with Gasteiger partial charge in [0.2, 0.25) is 0 Å². The summed E-state index contributed by atoms with van der Waals surface area (Å²) in [4.78, 5) is 0. The average molecular weight is 435 g/mol. The van der Waals surface area contributed by atoms with Crippen LogP contribution >= 0.6 is 0 Å². The summed E-state index contributed by atoms with van der Waals surface area (Å²) in [5.41, 5.74) is 1.06. The van der Waals surface area contributed by atoms with Gasteiger partial charge in [-0.2, -0.15) is 0 Å². The number of hydrogen-bond acceptors (Lipinski definition) is 2. The van der Waals surface area contributed by atoms with Crippen LogP contribution in [-0.2, 0) is 0 Å². The Morgan fingerprint density at radius 1 is 0.871 bits per heavy atom. The van der Waals surface area contributed by atoms with Crippen molar-refractivity contribution in [1.29, 1.82) is 0 Å². The van der Waals surface area contributed by atoms with Gasteiger partial charge in [0.05, 0.1) is 12.2 Å². The second-order valence-electron chi connectivity index (χ2n) is 13.2. The van der Waals surface area contributed by atoms with Gasteiger partial charge in [-0.05, 0) is 116 Å². The maximum Gasteiger partial charge on any atom is 0.0588 e. The van der Waals surface area contributed by atoms with Crippen LogP contribution in [-0.4, -0.2) is 22.4 Å². The first-order chi connectivity index (χ1) is 14.6. The molecule has 2 nitrogen and oxygen atoms in total. The topological polar surface area (TPSA) is 40.5 Å². The van der Waals surface area contributed by atoms with Crippen LogP contribution < -0.4 is 0 Å². The van der Waals surface area contributed by atoms with E-state index < -0.39 is 0 Å². The third-order valence-electron chi connectivity index (χ3n) is 10.9. The van der Waals surface area contributed by atoms with E-state index in [1.807, 2.05) is 13.8 Å². The third-order valence-corrected chi connectivity index (χ3v) is 10.9. The lowest BCUT2D eigenvalue weighted by atomic mass is 9.44. The summed E-state index contributed by atoms with van der Waals surface area (Å²) in [6.07, 6.45) is 15.2. The van der Waals surface area contributed by atoms with Crippen molar-refractivity contribution in [1.82, 2.24) is 0 Å². The summed E-state index contributed by atoms with van der Waals surface area (Å²) >= 11 is 0. The van der Waals surface area contributed by atoms with Crippen LogP contribution in [0, 0.1) is 45.8 Å². The van der Waals surface area contributed by atoms with Crippen molar-refractivity contribution >= 4 is 0 Å². The normalized spacial score (nSPS) is 45.6. The zero-order chi connectivity index (χ0) is 23.0. The second kappa shape index (κ2) is 9.65. The minimum atomic E-state index is -0.167. The van der Waals surface area contributed by atoms with Crippen LogP contribution in [0.15, 0.2) is 0 Å². The van der Waals surface area contributed by atoms with Gasteiger partial charge in [-0.15, -0.1) is 0 Å². The van der Waals surface area contributed by atoms with E-state index >= 15 is 0 Å². The van der Waals surface area contributed by atoms with Crippen LogP contribution in [0.3, 0.4) is 0 Å². The van der Waals surface area contributed by atoms with Crippen LogP contribution in [0.2, 0.25) is 0 Å². The molecule has 8 unspecified atom stereocenters. The second-order valence-corrected chi connectivity index (χ2v) is 13.2. The third kappa shape index (κ3) is 4.77. The molecule has 0 aromatic carbocycles. The van der Waals surface area contributed by atoms with Gasteiger partial charge in [-0.1, -0.05) is 54.9 Å². The molecule has 9 atom stereocenters. The molecule has 0 aliphatic heterocycles. The lowest BCUT2D eigenvalue weighted by molar-refractivity contribution is -0.127. The zero-order valence-corrected chi connectivity index (χ0v) is 21.9. The molecule has 182 valence electrons. The number of fused-ring (bicyclic) bond motifs is 5. The molecule has 4 aliphatic rings. The van der Waals surface area contributed by atoms with Gasteiger partial charge in [0.1, 0.15) is 0 Å². The fraction of sp³-hybridized carbons (Fsp3) is 1.00. The van der Waals surface area contributed by atoms with Crippen molar-refractivity contribution in [2.24, 2.45) is 45.8 Å². The average Bonchev–Trinajstić information content (AvgIpc) is 3.06. The van der Waals surface area contributed by atoms with Crippen LogP contribution in [0.1, 0.15) is 126 Å². The summed E-state index contributed by atoms with van der Waals surface area (Å²) in [5.74, 6) is 4.43. The zero-order valence-electron chi connectivity index (χ0n) is 21.9. The van der Waals surface area contributed by atoms with Crippen molar-refractivity contribution in [3.05, 3.63) is 0 Å². The Kier molecular flexibility index (Phi) is 7.95. The van der Waals surface area contributed by atoms with Crippen LogP contribution in [0.4, 0.5) is 0 Å². The highest BCUT2D eigenvalue weighted by molar-refractivity contribution is 5.09. The molecule has 0 spiro atoms. The van der Waals surface area contributed by atoms with Crippen LogP contribution in [0.5, 0.6) is 0 Å². The Bertz CT molecular complexity index is 580. The molecule has 31 heavy (non-hydrogen) atoms. The predicted octanol–water partition coefficient (Wildman–Crippen LogP) is 7.61. The summed E-state index contributed by atoms with van der Waals surface area (Å²) in [7, 11) is 0. The van der Waals surface area contributed by atoms with E-state index in [0.717, 1.165) is 48.9 Å². The summed E-state index contributed by atoms with van der Waals surface area (Å²) in [6.45, 7) is 15.7. The van der Waals surface area contributed by atoms with Crippen molar-refractivity contribution in [3.63, 3.8) is 0 Å². The SMILES string of the molecule is CC.CC12CCC3C(CCC4CC(O)CCC43C)C1CCC2CCC[C@@H](O)C(C)(C)C. The van der Waals surface area contributed by atoms with E-state index in [1.165, 1.54) is 57.8 Å². The molecule has 4 saturated carbocycles. The van der Waals surface area contributed by atoms with Crippen molar-refractivity contribution in [3.8, 4) is 0 Å². The first-order valence-electron chi connectivity index (χ1n) is 13.9. The molecule has 2 N–H and O–H groups in total. The Balaban J connectivity index is 0.00000132. The number of rotatable bonds is 4. The Labute approximate surface area is 194 Å². The Morgan fingerprint density at radius 2 is 1.52 bits per heavy atom. The smallest absolute Gasteiger partial charge is 0.0588 e. The highest BCUT2D eigenvalue weighted by Crippen LogP contribution is 2.67. The monoisotopic (exact) mass is 434 g/mol. The van der Waals surface area contributed by atoms with E-state index in [0.29, 0.717) is 10.8 Å². The standard InChI is InChI=1S/C27H48O2.C2H6/c1-25(2,3)24(29)8-6-7-18-10-12-22-21-11-9-19-17-20(28)13-15-27(19,5)23(21)14-16-26(18,22)4;1-2/h18-24,28-29H,6-17H2,1-5H3;1-2H3/t18?,19?,20?,21?,22?,23?,24-,26?,27?;/m1./s1. The van der Waals surface area contributed by atoms with Gasteiger partial charge < -0.3 is 10.2 Å². The molecule has 0 heterocycles. The number of aliphatic hydroxyl groups is 2. The molecule has 4 rings (SSSR count). The van der Waals surface area contributed by atoms with Gasteiger partial charge in [0.15, 0.2) is 0 Å². The van der Waals surface area contributed by atoms with E-state index in [4.69, 9.17) is 0 Å². The highest BCUT2D eigenvalue weighted by Gasteiger charge is 2.59. The molecule has 4 aliphatic carbocycles. The van der Waals surface area contributed by atoms with Gasteiger partial charge in [0.25, 0.3) is 0 Å². The number of aliphatic hydroxyl groups excluding tert-OH is 2. The van der Waals surface area contributed by atoms with Gasteiger partial charge in [0, 0.05) is 0 Å². The van der Waals surface area contributed by atoms with Gasteiger partial charge in [-0.25, -0.2) is 0 Å². The fourth-order valence-electron chi connectivity index (χ4n) is 8.81. The molecule has 4 fully saturated rings. The molecule has 0 saturated heterocycles. The van der Waals surface area contributed by atoms with Gasteiger partial charge in [-0.3, -0.25) is 0 Å². The minimum Gasteiger partial charge on any atom is -0.393 e. The molecule has 0 aromatic heterocycles. The summed E-state index contributed by atoms with van der Waals surface area (Å²) < 4.78 is 0. The minimum absolute atomic E-state index is 0.0157. The van der Waals surface area contributed by atoms with E-state index in [2.05, 4.69) is 34.6 Å². The Morgan fingerprint density at radius 3 is 2.19 bits per heavy atom. The largest absolute Gasteiger partial charge is 0.393 e. The van der Waals surface area contributed by atoms with Crippen molar-refractivity contribution < 1.29 is 10.2 Å². The Hall–Kier alpha value is -0.0800. The molecule has 0 amide bonds. The number of hydrogen-bond donors (Lipinski definition) is 2. The molecular weight excluding hydrogens is 380 g/mol. The first kappa shape index (κ1) is 25.5. The van der Waals surface area contributed by atoms with E-state index in [1.54, 1.807) is 0 Å². The quantitative estimate of drug-likeness (QED) is 0.478. The summed E-state index contributed by atoms with van der Waals surface area (Å²) in [6, 6.07) is 0. The fourth-order valence-corrected chi connectivity index (χ4v) is 8.81. The molecular formula is C29H54O2. The van der Waals surface area contributed by atoms with Crippen molar-refractivity contribution in [2.75, 3.05) is 0 Å². The van der Waals surface area contributed by atoms with Crippen LogP contribution in [0.25, 0.3) is 0 Å². The van der Waals surface area contributed by atoms with Gasteiger partial charge >= 0.3 is 0 Å². The lowest BCUT2D eigenvalue weighted by Gasteiger charge is -2.61. The molecule has 0 radical (unpaired) electrons. The molecule has 0 bridgehead atoms. The van der Waals surface area contributed by atoms with Crippen molar-refractivity contribution in [2.45, 2.75) is 138 Å². The summed E-state index contributed by atoms with van der Waals surface area (Å²) in [5, 5.41) is 20.7. The lowest BCUT2D eigenvalue weighted by Crippen LogP contribution is -2.53.